The van der Waals surface area contributed by atoms with Crippen molar-refractivity contribution in [1.82, 2.24) is 15.1 Å². The van der Waals surface area contributed by atoms with Crippen LogP contribution in [0.1, 0.15) is 39.5 Å². The molecule has 0 aromatic carbocycles. The molecule has 2 rings (SSSR count). The van der Waals surface area contributed by atoms with Gasteiger partial charge in [-0.25, -0.2) is 4.79 Å². The Hall–Kier alpha value is -1.30. The molecule has 0 aromatic rings. The maximum atomic E-state index is 12.4. The number of urea groups is 1. The number of nitrogens with zero attached hydrogens (tertiary/aromatic N) is 2. The van der Waals surface area contributed by atoms with E-state index in [1.807, 2.05) is 4.90 Å². The first-order valence-corrected chi connectivity index (χ1v) is 7.90. The molecule has 2 N–H and O–H groups in total. The Bertz CT molecular complexity index is 390. The van der Waals surface area contributed by atoms with Crippen molar-refractivity contribution in [3.63, 3.8) is 0 Å². The lowest BCUT2D eigenvalue weighted by Crippen LogP contribution is -2.60. The van der Waals surface area contributed by atoms with Crippen molar-refractivity contribution in [1.29, 1.82) is 0 Å². The number of likely N-dealkylation sites (N-methyl/N-ethyl adjacent to an activating group) is 1. The zero-order valence-corrected chi connectivity index (χ0v) is 13.2. The molecule has 120 valence electrons. The molecule has 2 amide bonds. The highest BCUT2D eigenvalue weighted by atomic mass is 16.4. The quantitative estimate of drug-likeness (QED) is 0.807. The third-order valence-electron chi connectivity index (χ3n) is 5.04. The Balaban J connectivity index is 1.95. The minimum Gasteiger partial charge on any atom is -0.481 e. The third kappa shape index (κ3) is 3.67. The van der Waals surface area contributed by atoms with Crippen molar-refractivity contribution >= 4 is 12.0 Å². The number of hydrogen-bond donors (Lipinski definition) is 2. The fraction of sp³-hybridized carbons (Fsp3) is 0.867. The standard InChI is InChI=1S/C15H27N3O3/c1-10-8-18(9-11(2)17(10)3)15(21)16-13-7-5-4-6-12(13)14(19)20/h10-13H,4-9H2,1-3H3,(H,16,21)(H,19,20). The van der Waals surface area contributed by atoms with Gasteiger partial charge in [0.25, 0.3) is 0 Å². The molecule has 6 nitrogen and oxygen atoms in total. The Labute approximate surface area is 126 Å². The highest BCUT2D eigenvalue weighted by Gasteiger charge is 2.35. The van der Waals surface area contributed by atoms with Crippen LogP contribution in [-0.2, 0) is 4.79 Å². The number of carbonyl (C=O) groups is 2. The molecule has 1 heterocycles. The molecular formula is C15H27N3O3. The lowest BCUT2D eigenvalue weighted by atomic mass is 9.84. The molecule has 0 aromatic heterocycles. The van der Waals surface area contributed by atoms with Crippen LogP contribution in [0.25, 0.3) is 0 Å². The van der Waals surface area contributed by atoms with E-state index in [2.05, 4.69) is 31.1 Å². The van der Waals surface area contributed by atoms with E-state index in [1.54, 1.807) is 0 Å². The average molecular weight is 297 g/mol. The lowest BCUT2D eigenvalue weighted by molar-refractivity contribution is -0.143. The lowest BCUT2D eigenvalue weighted by Gasteiger charge is -2.43. The van der Waals surface area contributed by atoms with Crippen molar-refractivity contribution < 1.29 is 14.7 Å². The number of nitrogens with one attached hydrogen (secondary N) is 1. The molecule has 21 heavy (non-hydrogen) atoms. The fourth-order valence-corrected chi connectivity index (χ4v) is 3.42. The number of rotatable bonds is 2. The van der Waals surface area contributed by atoms with Crippen molar-refractivity contribution in [2.75, 3.05) is 20.1 Å². The second-order valence-electron chi connectivity index (χ2n) is 6.55. The number of hydrogen-bond acceptors (Lipinski definition) is 3. The van der Waals surface area contributed by atoms with Crippen LogP contribution in [-0.4, -0.2) is 65.2 Å². The van der Waals surface area contributed by atoms with E-state index in [0.717, 1.165) is 19.3 Å². The Kier molecular flexibility index (Phi) is 5.08. The van der Waals surface area contributed by atoms with Crippen LogP contribution >= 0.6 is 0 Å². The van der Waals surface area contributed by atoms with Crippen LogP contribution in [0.5, 0.6) is 0 Å². The van der Waals surface area contributed by atoms with Crippen molar-refractivity contribution in [3.05, 3.63) is 0 Å². The molecule has 2 aliphatic rings. The zero-order valence-electron chi connectivity index (χ0n) is 13.2. The summed E-state index contributed by atoms with van der Waals surface area (Å²) < 4.78 is 0. The van der Waals surface area contributed by atoms with Gasteiger partial charge in [0.05, 0.1) is 5.92 Å². The number of carbonyl (C=O) groups excluding carboxylic acids is 1. The van der Waals surface area contributed by atoms with Crippen molar-refractivity contribution in [2.24, 2.45) is 5.92 Å². The van der Waals surface area contributed by atoms with Crippen LogP contribution in [0, 0.1) is 5.92 Å². The fourth-order valence-electron chi connectivity index (χ4n) is 3.42. The summed E-state index contributed by atoms with van der Waals surface area (Å²) in [6, 6.07) is 0.302. The van der Waals surface area contributed by atoms with Gasteiger partial charge in [-0.1, -0.05) is 12.8 Å². The molecule has 0 bridgehead atoms. The SMILES string of the molecule is CC1CN(C(=O)NC2CCCCC2C(=O)O)CC(C)N1C. The van der Waals surface area contributed by atoms with Crippen LogP contribution < -0.4 is 5.32 Å². The highest BCUT2D eigenvalue weighted by Crippen LogP contribution is 2.25. The van der Waals surface area contributed by atoms with Crippen LogP contribution in [0.15, 0.2) is 0 Å². The normalized spacial score (nSPS) is 34.5. The largest absolute Gasteiger partial charge is 0.481 e. The topological polar surface area (TPSA) is 72.9 Å². The predicted molar refractivity (Wildman–Crippen MR) is 80.2 cm³/mol. The molecule has 1 aliphatic heterocycles. The van der Waals surface area contributed by atoms with E-state index < -0.39 is 11.9 Å². The van der Waals surface area contributed by atoms with Gasteiger partial charge in [-0.2, -0.15) is 0 Å². The van der Waals surface area contributed by atoms with Gasteiger partial charge < -0.3 is 15.3 Å². The summed E-state index contributed by atoms with van der Waals surface area (Å²) in [4.78, 5) is 27.8. The van der Waals surface area contributed by atoms with E-state index in [-0.39, 0.29) is 12.1 Å². The zero-order chi connectivity index (χ0) is 15.6. The number of amides is 2. The summed E-state index contributed by atoms with van der Waals surface area (Å²) in [7, 11) is 2.08. The second kappa shape index (κ2) is 6.64. The molecule has 1 saturated carbocycles. The Morgan fingerprint density at radius 3 is 2.24 bits per heavy atom. The molecule has 6 heteroatoms. The first kappa shape index (κ1) is 16.1. The van der Waals surface area contributed by atoms with Crippen LogP contribution in [0.3, 0.4) is 0 Å². The summed E-state index contributed by atoms with van der Waals surface area (Å²) in [5.74, 6) is -1.23. The smallest absolute Gasteiger partial charge is 0.317 e. The summed E-state index contributed by atoms with van der Waals surface area (Å²) in [5, 5.41) is 12.2. The van der Waals surface area contributed by atoms with Gasteiger partial charge in [0.2, 0.25) is 0 Å². The van der Waals surface area contributed by atoms with E-state index in [1.165, 1.54) is 0 Å². The van der Waals surface area contributed by atoms with Crippen molar-refractivity contribution in [2.45, 2.75) is 57.7 Å². The summed E-state index contributed by atoms with van der Waals surface area (Å²) >= 11 is 0. The summed E-state index contributed by atoms with van der Waals surface area (Å²) in [6.07, 6.45) is 3.35. The minimum atomic E-state index is -0.792. The average Bonchev–Trinajstić information content (AvgIpc) is 2.44. The second-order valence-corrected chi connectivity index (χ2v) is 6.55. The van der Waals surface area contributed by atoms with Gasteiger partial charge in [-0.3, -0.25) is 9.69 Å². The number of carboxylic acid groups (broad SMARTS) is 1. The van der Waals surface area contributed by atoms with Gasteiger partial charge in [0, 0.05) is 31.2 Å². The summed E-state index contributed by atoms with van der Waals surface area (Å²) in [5.41, 5.74) is 0. The number of carboxylic acids is 1. The predicted octanol–water partition coefficient (Wildman–Crippen LogP) is 1.36. The minimum absolute atomic E-state index is 0.111. The molecule has 2 fully saturated rings. The van der Waals surface area contributed by atoms with Gasteiger partial charge >= 0.3 is 12.0 Å². The third-order valence-corrected chi connectivity index (χ3v) is 5.04. The molecule has 0 radical (unpaired) electrons. The number of aliphatic carboxylic acids is 1. The van der Waals surface area contributed by atoms with Gasteiger partial charge in [-0.15, -0.1) is 0 Å². The molecule has 4 unspecified atom stereocenters. The monoisotopic (exact) mass is 297 g/mol. The molecule has 1 saturated heterocycles. The first-order valence-electron chi connectivity index (χ1n) is 7.90. The highest BCUT2D eigenvalue weighted by molar-refractivity contribution is 5.77. The summed E-state index contributed by atoms with van der Waals surface area (Å²) in [6.45, 7) is 5.60. The molecule has 1 aliphatic carbocycles. The van der Waals surface area contributed by atoms with Crippen LogP contribution in [0.4, 0.5) is 4.79 Å². The first-order chi connectivity index (χ1) is 9.90. The maximum absolute atomic E-state index is 12.4. The Morgan fingerprint density at radius 2 is 1.67 bits per heavy atom. The number of piperazine rings is 1. The van der Waals surface area contributed by atoms with Gasteiger partial charge in [0.1, 0.15) is 0 Å². The molecule has 0 spiro atoms. The van der Waals surface area contributed by atoms with E-state index in [0.29, 0.717) is 31.6 Å². The van der Waals surface area contributed by atoms with E-state index in [9.17, 15) is 14.7 Å². The van der Waals surface area contributed by atoms with E-state index >= 15 is 0 Å². The Morgan fingerprint density at radius 1 is 1.10 bits per heavy atom. The van der Waals surface area contributed by atoms with Gasteiger partial charge in [0.15, 0.2) is 0 Å². The maximum Gasteiger partial charge on any atom is 0.317 e. The van der Waals surface area contributed by atoms with Crippen molar-refractivity contribution in [3.8, 4) is 0 Å². The van der Waals surface area contributed by atoms with E-state index in [4.69, 9.17) is 0 Å². The van der Waals surface area contributed by atoms with Gasteiger partial charge in [-0.05, 0) is 33.7 Å². The molecular weight excluding hydrogens is 270 g/mol. The van der Waals surface area contributed by atoms with Crippen LogP contribution in [0.2, 0.25) is 0 Å². The molecule has 4 atom stereocenters.